The van der Waals surface area contributed by atoms with E-state index in [2.05, 4.69) is 4.99 Å². The molecule has 0 fully saturated rings. The minimum absolute atomic E-state index is 0.449. The van der Waals surface area contributed by atoms with E-state index in [1.54, 1.807) is 12.2 Å². The molecule has 0 aromatic heterocycles. The number of aliphatic imine (C=N–C) groups is 1. The summed E-state index contributed by atoms with van der Waals surface area (Å²) in [5.41, 5.74) is 0.449. The van der Waals surface area contributed by atoms with Gasteiger partial charge in [0.05, 0.1) is 0 Å². The van der Waals surface area contributed by atoms with E-state index in [9.17, 15) is 0 Å². The fraction of sp³-hybridized carbons (Fsp3) is 0. The Morgan fingerprint density at radius 3 is 2.14 bits per heavy atom. The van der Waals surface area contributed by atoms with Crippen LogP contribution in [0.5, 0.6) is 0 Å². The molecule has 1 rings (SSSR count). The first-order valence-electron chi connectivity index (χ1n) is 1.74. The first-order valence-corrected chi connectivity index (χ1v) is 2.49. The lowest BCUT2D eigenvalue weighted by molar-refractivity contribution is 1.40. The topological polar surface area (TPSA) is 12.4 Å². The molecular weight excluding hydrogens is 133 g/mol. The molecule has 1 heterocycles. The van der Waals surface area contributed by atoms with Crippen molar-refractivity contribution in [1.29, 1.82) is 0 Å². The molecule has 1 radical (unpaired) electrons. The highest BCUT2D eigenvalue weighted by atomic mass is 35.5. The molecule has 0 aromatic rings. The summed E-state index contributed by atoms with van der Waals surface area (Å²) in [6, 6.07) is 0. The monoisotopic (exact) mass is 134 g/mol. The molecule has 0 atom stereocenters. The fourth-order valence-corrected chi connectivity index (χ4v) is 0.665. The Bertz CT molecular complexity index is 128. The second kappa shape index (κ2) is 1.85. The van der Waals surface area contributed by atoms with Crippen LogP contribution in [0.3, 0.4) is 0 Å². The Hall–Kier alpha value is -0.0100. The third-order valence-electron chi connectivity index (χ3n) is 0.572. The quantitative estimate of drug-likeness (QED) is 0.450. The van der Waals surface area contributed by atoms with Crippen molar-refractivity contribution in [3.8, 4) is 0 Å². The lowest BCUT2D eigenvalue weighted by Crippen LogP contribution is -1.69. The van der Waals surface area contributed by atoms with E-state index in [-0.39, 0.29) is 0 Å². The van der Waals surface area contributed by atoms with Gasteiger partial charge in [-0.25, -0.2) is 4.99 Å². The molecule has 0 aromatic carbocycles. The standard InChI is InChI=1S/C4H2Cl2N/c5-3-1-2-4(6)7-3/h1-2H. The molecule has 0 bridgehead atoms. The summed E-state index contributed by atoms with van der Waals surface area (Å²) in [5.74, 6) is 0. The summed E-state index contributed by atoms with van der Waals surface area (Å²) < 4.78 is 0. The number of halogens is 2. The molecule has 0 spiro atoms. The zero-order valence-electron chi connectivity index (χ0n) is 3.36. The molecule has 3 heteroatoms. The highest BCUT2D eigenvalue weighted by molar-refractivity contribution is 6.69. The van der Waals surface area contributed by atoms with E-state index in [4.69, 9.17) is 23.2 Å². The van der Waals surface area contributed by atoms with Crippen LogP contribution in [-0.4, -0.2) is 5.17 Å². The van der Waals surface area contributed by atoms with Crippen LogP contribution in [0.25, 0.3) is 0 Å². The molecule has 1 aliphatic rings. The molecule has 0 saturated heterocycles. The molecule has 0 saturated carbocycles. The van der Waals surface area contributed by atoms with Crippen molar-refractivity contribution >= 4 is 28.4 Å². The first-order chi connectivity index (χ1) is 3.29. The van der Waals surface area contributed by atoms with E-state index < -0.39 is 0 Å². The Morgan fingerprint density at radius 1 is 1.29 bits per heavy atom. The summed E-state index contributed by atoms with van der Waals surface area (Å²) in [5, 5.41) is 0.449. The van der Waals surface area contributed by atoms with Crippen LogP contribution < -0.4 is 0 Å². The summed E-state index contributed by atoms with van der Waals surface area (Å²) in [6.07, 6.45) is 3.29. The largest absolute Gasteiger partial charge is 0.242 e. The number of allylic oxidation sites excluding steroid dienone is 1. The van der Waals surface area contributed by atoms with Gasteiger partial charge in [-0.15, -0.1) is 0 Å². The van der Waals surface area contributed by atoms with Crippen LogP contribution in [0.2, 0.25) is 0 Å². The Kier molecular flexibility index (Phi) is 1.35. The Morgan fingerprint density at radius 2 is 2.00 bits per heavy atom. The van der Waals surface area contributed by atoms with Gasteiger partial charge >= 0.3 is 0 Å². The first kappa shape index (κ1) is 5.13. The second-order valence-corrected chi connectivity index (χ2v) is 1.87. The predicted octanol–water partition coefficient (Wildman–Crippen LogP) is 1.92. The van der Waals surface area contributed by atoms with Gasteiger partial charge in [0, 0.05) is 0 Å². The van der Waals surface area contributed by atoms with Crippen molar-refractivity contribution in [1.82, 2.24) is 0 Å². The van der Waals surface area contributed by atoms with E-state index in [0.717, 1.165) is 0 Å². The van der Waals surface area contributed by atoms with Crippen molar-refractivity contribution in [3.63, 3.8) is 0 Å². The van der Waals surface area contributed by atoms with Gasteiger partial charge in [-0.1, -0.05) is 23.2 Å². The SMILES string of the molecule is Cl[C]1C=CC(Cl)=N1. The maximum absolute atomic E-state index is 5.36. The van der Waals surface area contributed by atoms with Crippen LogP contribution in [-0.2, 0) is 0 Å². The van der Waals surface area contributed by atoms with E-state index >= 15 is 0 Å². The van der Waals surface area contributed by atoms with Crippen molar-refractivity contribution in [2.75, 3.05) is 0 Å². The summed E-state index contributed by atoms with van der Waals surface area (Å²) >= 11 is 10.7. The van der Waals surface area contributed by atoms with Crippen LogP contribution in [0.15, 0.2) is 17.1 Å². The lowest BCUT2D eigenvalue weighted by atomic mass is 10.6. The average Bonchev–Trinajstić information content (AvgIpc) is 1.87. The average molecular weight is 135 g/mol. The number of hydrogen-bond donors (Lipinski definition) is 0. The van der Waals surface area contributed by atoms with Crippen molar-refractivity contribution in [3.05, 3.63) is 17.7 Å². The molecule has 0 aliphatic carbocycles. The van der Waals surface area contributed by atoms with Gasteiger partial charge in [-0.2, -0.15) is 0 Å². The van der Waals surface area contributed by atoms with Crippen LogP contribution in [0.1, 0.15) is 0 Å². The van der Waals surface area contributed by atoms with Gasteiger partial charge in [0.1, 0.15) is 5.17 Å². The van der Waals surface area contributed by atoms with Gasteiger partial charge in [0.15, 0.2) is 5.50 Å². The highest BCUT2D eigenvalue weighted by Crippen LogP contribution is 2.17. The predicted molar refractivity (Wildman–Crippen MR) is 31.5 cm³/mol. The molecule has 0 N–H and O–H groups in total. The van der Waals surface area contributed by atoms with Crippen LogP contribution >= 0.6 is 23.2 Å². The molecule has 0 amide bonds. The number of hydrogen-bond acceptors (Lipinski definition) is 1. The van der Waals surface area contributed by atoms with Crippen LogP contribution in [0, 0.1) is 5.50 Å². The van der Waals surface area contributed by atoms with Gasteiger partial charge in [-0.05, 0) is 12.2 Å². The van der Waals surface area contributed by atoms with Gasteiger partial charge < -0.3 is 0 Å². The second-order valence-electron chi connectivity index (χ2n) is 1.09. The van der Waals surface area contributed by atoms with E-state index in [1.807, 2.05) is 0 Å². The van der Waals surface area contributed by atoms with Gasteiger partial charge in [-0.3, -0.25) is 0 Å². The highest BCUT2D eigenvalue weighted by Gasteiger charge is 2.04. The van der Waals surface area contributed by atoms with Crippen molar-refractivity contribution < 1.29 is 0 Å². The molecule has 7 heavy (non-hydrogen) atoms. The van der Waals surface area contributed by atoms with E-state index in [0.29, 0.717) is 10.7 Å². The summed E-state index contributed by atoms with van der Waals surface area (Å²) in [7, 11) is 0. The van der Waals surface area contributed by atoms with E-state index in [1.165, 1.54) is 0 Å². The zero-order chi connectivity index (χ0) is 5.28. The maximum Gasteiger partial charge on any atom is 0.196 e. The summed E-state index contributed by atoms with van der Waals surface area (Å²) in [6.45, 7) is 0. The van der Waals surface area contributed by atoms with Crippen molar-refractivity contribution in [2.45, 2.75) is 0 Å². The maximum atomic E-state index is 5.36. The zero-order valence-corrected chi connectivity index (χ0v) is 4.87. The Balaban J connectivity index is 2.69. The third kappa shape index (κ3) is 1.18. The minimum Gasteiger partial charge on any atom is -0.242 e. The van der Waals surface area contributed by atoms with Crippen molar-refractivity contribution in [2.24, 2.45) is 4.99 Å². The van der Waals surface area contributed by atoms with Gasteiger partial charge in [0.2, 0.25) is 0 Å². The normalized spacial score (nSPS) is 20.6. The molecule has 1 nitrogen and oxygen atoms in total. The molecule has 1 aliphatic heterocycles. The minimum atomic E-state index is 0.449. The van der Waals surface area contributed by atoms with Gasteiger partial charge in [0.25, 0.3) is 0 Å². The Labute approximate surface area is 51.6 Å². The number of nitrogens with zero attached hydrogens (tertiary/aromatic N) is 1. The molecule has 0 unspecified atom stereocenters. The lowest BCUT2D eigenvalue weighted by Gasteiger charge is -1.80. The third-order valence-corrected chi connectivity index (χ3v) is 0.993. The fourth-order valence-electron chi connectivity index (χ4n) is 0.314. The molecular formula is C4H2Cl2N. The summed E-state index contributed by atoms with van der Waals surface area (Å²) in [4.78, 5) is 3.64. The smallest absolute Gasteiger partial charge is 0.196 e. The van der Waals surface area contributed by atoms with Crippen LogP contribution in [0.4, 0.5) is 0 Å². The molecule has 37 valence electrons. The number of rotatable bonds is 0.